The van der Waals surface area contributed by atoms with Crippen molar-refractivity contribution in [3.63, 3.8) is 0 Å². The van der Waals surface area contributed by atoms with E-state index in [4.69, 9.17) is 0 Å². The van der Waals surface area contributed by atoms with E-state index < -0.39 is 109 Å². The molecule has 21 heteroatoms. The third-order valence-electron chi connectivity index (χ3n) is 2.85. The maximum Gasteiger partial charge on any atom is 0.415 e. The summed E-state index contributed by atoms with van der Waals surface area (Å²) < 4.78 is 77.9. The van der Waals surface area contributed by atoms with Crippen LogP contribution in [0.2, 0.25) is 0 Å². The number of hydrogen-bond donors (Lipinski definition) is 0. The van der Waals surface area contributed by atoms with Crippen LogP contribution in [0.15, 0.2) is 4.42 Å². The van der Waals surface area contributed by atoms with Gasteiger partial charge in [-0.3, -0.25) is 24.9 Å². The summed E-state index contributed by atoms with van der Waals surface area (Å²) in [5, 5.41) is 27.3. The van der Waals surface area contributed by atoms with Crippen molar-refractivity contribution >= 4 is 60.7 Å². The van der Waals surface area contributed by atoms with Crippen LogP contribution in [0.25, 0.3) is 0 Å². The van der Waals surface area contributed by atoms with Crippen molar-refractivity contribution < 1.29 is 42.8 Å². The molecule has 0 radical (unpaired) electrons. The summed E-state index contributed by atoms with van der Waals surface area (Å²) in [4.78, 5) is 18.1. The molecule has 2 unspecified atom stereocenters. The first-order valence-electron chi connectivity index (χ1n) is 5.91. The maximum absolute atomic E-state index is 13.4. The van der Waals surface area contributed by atoms with Crippen LogP contribution in [0.3, 0.4) is 0 Å². The number of aromatic nitrogens is 2. The standard InChI is InChI=1S/C7H4F6N4O5S5.FH/c8-4(17(20)21)2(16(18)19)1-3-14-15-5(22-3)6(23-9,24-10)7(25-11,26-12)27-13;/h2,4H,1H2;1H. The van der Waals surface area contributed by atoms with Crippen molar-refractivity contribution in [2.75, 3.05) is 0 Å². The maximum atomic E-state index is 13.4. The van der Waals surface area contributed by atoms with E-state index in [9.17, 15) is 44.0 Å². The molecule has 2 atom stereocenters. The molecule has 1 aromatic heterocycles. The molecule has 0 aliphatic heterocycles. The number of halogens is 7. The van der Waals surface area contributed by atoms with Crippen molar-refractivity contribution in [1.29, 1.82) is 0 Å². The van der Waals surface area contributed by atoms with E-state index in [0.717, 1.165) is 0 Å². The molecule has 1 aromatic rings. The molecule has 1 heterocycles. The Hall–Kier alpha value is -0.800. The minimum absolute atomic E-state index is 0. The molecule has 0 aliphatic carbocycles. The molecule has 0 amide bonds. The van der Waals surface area contributed by atoms with E-state index in [1.165, 1.54) is 0 Å². The molecule has 0 aliphatic rings. The van der Waals surface area contributed by atoms with Gasteiger partial charge in [-0.2, -0.15) is 23.8 Å². The van der Waals surface area contributed by atoms with Gasteiger partial charge >= 0.3 is 12.3 Å². The van der Waals surface area contributed by atoms with Crippen LogP contribution in [0, 0.1) is 20.2 Å². The monoisotopic (exact) mass is 518 g/mol. The Kier molecular flexibility index (Phi) is 11.1. The summed E-state index contributed by atoms with van der Waals surface area (Å²) in [7, 11) is 0. The second-order valence-electron chi connectivity index (χ2n) is 4.27. The lowest BCUT2D eigenvalue weighted by molar-refractivity contribution is -0.639. The van der Waals surface area contributed by atoms with Crippen molar-refractivity contribution in [2.24, 2.45) is 0 Å². The van der Waals surface area contributed by atoms with Gasteiger partial charge in [0.25, 0.3) is 5.89 Å². The number of alkyl halides is 1. The first kappa shape index (κ1) is 27.2. The third-order valence-corrected chi connectivity index (χ3v) is 8.06. The van der Waals surface area contributed by atoms with Crippen molar-refractivity contribution in [1.82, 2.24) is 10.2 Å². The van der Waals surface area contributed by atoms with Crippen LogP contribution >= 0.6 is 60.7 Å². The zero-order chi connectivity index (χ0) is 20.8. The number of rotatable bonds is 12. The lowest BCUT2D eigenvalue weighted by atomic mass is 10.2. The molecule has 162 valence electrons. The number of hydrogen-bond acceptors (Lipinski definition) is 12. The summed E-state index contributed by atoms with van der Waals surface area (Å²) in [6, 6.07) is -2.51. The normalized spacial score (nSPS) is 14.2. The molecule has 9 nitrogen and oxygen atoms in total. The lowest BCUT2D eigenvalue weighted by Gasteiger charge is -2.32. The average molecular weight is 518 g/mol. The van der Waals surface area contributed by atoms with E-state index in [-0.39, 0.29) is 4.70 Å². The van der Waals surface area contributed by atoms with Crippen LogP contribution in [0.4, 0.5) is 28.5 Å². The Labute approximate surface area is 172 Å². The largest absolute Gasteiger partial charge is 0.422 e. The Balaban J connectivity index is 0.00000729. The Morgan fingerprint density at radius 3 is 1.82 bits per heavy atom. The predicted molar refractivity (Wildman–Crippen MR) is 91.1 cm³/mol. The van der Waals surface area contributed by atoms with E-state index in [1.54, 1.807) is 0 Å². The van der Waals surface area contributed by atoms with E-state index in [2.05, 4.69) is 14.6 Å². The lowest BCUT2D eigenvalue weighted by Crippen LogP contribution is -2.38. The minimum atomic E-state index is -3.19. The summed E-state index contributed by atoms with van der Waals surface area (Å²) in [6.07, 6.45) is -4.37. The summed E-state index contributed by atoms with van der Waals surface area (Å²) >= 11 is -5.59. The molecular formula is C7H5F7N4O5S5. The molecule has 0 spiro atoms. The Bertz CT molecular complexity index is 660. The highest BCUT2D eigenvalue weighted by Crippen LogP contribution is 2.69. The van der Waals surface area contributed by atoms with Crippen LogP contribution in [0.5, 0.6) is 0 Å². The highest BCUT2D eigenvalue weighted by atomic mass is 32.3. The van der Waals surface area contributed by atoms with Gasteiger partial charge in [-0.25, -0.2) is 0 Å². The van der Waals surface area contributed by atoms with Crippen LogP contribution in [-0.2, 0) is 10.5 Å². The molecule has 0 fully saturated rings. The second kappa shape index (κ2) is 11.4. The molecule has 0 N–H and O–H groups in total. The molecule has 28 heavy (non-hydrogen) atoms. The molecule has 0 aromatic carbocycles. The minimum Gasteiger partial charge on any atom is -0.422 e. The predicted octanol–water partition coefficient (Wildman–Crippen LogP) is 4.88. The number of nitro groups is 2. The van der Waals surface area contributed by atoms with Crippen LogP contribution < -0.4 is 0 Å². The fourth-order valence-electron chi connectivity index (χ4n) is 1.55. The summed E-state index contributed by atoms with van der Waals surface area (Å²) in [5.74, 6) is -2.15. The van der Waals surface area contributed by atoms with E-state index in [0.29, 0.717) is 0 Å². The van der Waals surface area contributed by atoms with Gasteiger partial charge in [0.15, 0.2) is 0 Å². The van der Waals surface area contributed by atoms with Gasteiger partial charge in [0.2, 0.25) is 13.4 Å². The smallest absolute Gasteiger partial charge is 0.415 e. The van der Waals surface area contributed by atoms with Gasteiger partial charge < -0.3 is 4.42 Å². The number of nitrogens with zero attached hydrogens (tertiary/aromatic N) is 4. The quantitative estimate of drug-likeness (QED) is 0.123. The first-order chi connectivity index (χ1) is 12.7. The average Bonchev–Trinajstić information content (AvgIpc) is 3.12. The second-order valence-corrected chi connectivity index (χ2v) is 9.14. The topological polar surface area (TPSA) is 125 Å². The molecule has 0 bridgehead atoms. The van der Waals surface area contributed by atoms with Gasteiger partial charge in [-0.1, -0.05) is 0 Å². The van der Waals surface area contributed by atoms with E-state index >= 15 is 0 Å². The van der Waals surface area contributed by atoms with Crippen LogP contribution in [-0.4, -0.2) is 35.8 Å². The van der Waals surface area contributed by atoms with Crippen molar-refractivity contribution in [3.05, 3.63) is 32.0 Å². The third kappa shape index (κ3) is 5.02. The van der Waals surface area contributed by atoms with Crippen LogP contribution in [0.1, 0.15) is 11.8 Å². The summed E-state index contributed by atoms with van der Waals surface area (Å²) in [5.41, 5.74) is 0. The summed E-state index contributed by atoms with van der Waals surface area (Å²) in [6.45, 7) is 0. The van der Waals surface area contributed by atoms with Gasteiger partial charge in [0.05, 0.1) is 65.7 Å². The molecule has 1 rings (SSSR count). The zero-order valence-corrected chi connectivity index (χ0v) is 16.5. The zero-order valence-electron chi connectivity index (χ0n) is 12.4. The fraction of sp³-hybridized carbons (Fsp3) is 0.714. The van der Waals surface area contributed by atoms with Gasteiger partial charge in [-0.15, -0.1) is 10.2 Å². The molecule has 0 saturated carbocycles. The Morgan fingerprint density at radius 1 is 0.964 bits per heavy atom. The highest BCUT2D eigenvalue weighted by molar-refractivity contribution is 8.32. The fourth-order valence-corrected chi connectivity index (χ4v) is 4.12. The molecule has 0 saturated heterocycles. The van der Waals surface area contributed by atoms with Crippen molar-refractivity contribution in [3.8, 4) is 0 Å². The van der Waals surface area contributed by atoms with E-state index in [1.807, 2.05) is 0 Å². The van der Waals surface area contributed by atoms with Crippen molar-refractivity contribution in [2.45, 2.75) is 26.2 Å². The molecular weight excluding hydrogens is 513 g/mol. The van der Waals surface area contributed by atoms with Gasteiger partial charge in [0, 0.05) is 4.92 Å². The van der Waals surface area contributed by atoms with Gasteiger partial charge in [-0.05, 0) is 0 Å². The van der Waals surface area contributed by atoms with Gasteiger partial charge in [0.1, 0.15) is 6.42 Å². The highest BCUT2D eigenvalue weighted by Gasteiger charge is 2.65. The SMILES string of the molecule is F.O=[N+]([O-])C(F)C(Cc1nnc(C(SF)(SF)C(SF)(SF)SF)o1)[N+](=O)[O-]. The first-order valence-corrected chi connectivity index (χ1v) is 9.49. The Morgan fingerprint density at radius 2 is 1.46 bits per heavy atom.